The van der Waals surface area contributed by atoms with Crippen LogP contribution < -0.4 is 5.32 Å². The number of para-hydroxylation sites is 1. The van der Waals surface area contributed by atoms with E-state index in [0.717, 1.165) is 31.4 Å². The average molecular weight is 259 g/mol. The Kier molecular flexibility index (Phi) is 10.5. The SMILES string of the molecule is CCCCC(CC)C(=O)Nc1ccccc1.[KH]. The molecule has 1 N–H and O–H groups in total. The molecule has 1 aromatic carbocycles. The molecule has 0 saturated heterocycles. The zero-order valence-corrected chi connectivity index (χ0v) is 10.2. The van der Waals surface area contributed by atoms with E-state index in [1.807, 2.05) is 30.3 Å². The second-order valence-corrected chi connectivity index (χ2v) is 4.10. The van der Waals surface area contributed by atoms with E-state index in [9.17, 15) is 4.79 Å². The first-order chi connectivity index (χ1) is 7.77. The van der Waals surface area contributed by atoms with Gasteiger partial charge in [0.2, 0.25) is 5.91 Å². The molecule has 0 spiro atoms. The number of benzene rings is 1. The summed E-state index contributed by atoms with van der Waals surface area (Å²) < 4.78 is 0. The average Bonchev–Trinajstić information content (AvgIpc) is 2.31. The Bertz CT molecular complexity index is 313. The zero-order valence-electron chi connectivity index (χ0n) is 10.2. The molecule has 1 rings (SSSR count). The van der Waals surface area contributed by atoms with Crippen molar-refractivity contribution >= 4 is 63.0 Å². The van der Waals surface area contributed by atoms with E-state index < -0.39 is 0 Å². The quantitative estimate of drug-likeness (QED) is 0.781. The Hall–Kier alpha value is 0.326. The summed E-state index contributed by atoms with van der Waals surface area (Å²) in [4.78, 5) is 11.9. The summed E-state index contributed by atoms with van der Waals surface area (Å²) in [7, 11) is 0. The van der Waals surface area contributed by atoms with Gasteiger partial charge in [0.15, 0.2) is 0 Å². The second kappa shape index (κ2) is 10.3. The van der Waals surface area contributed by atoms with E-state index in [-0.39, 0.29) is 63.2 Å². The summed E-state index contributed by atoms with van der Waals surface area (Å²) in [5.74, 6) is 0.308. The number of amides is 1. The summed E-state index contributed by atoms with van der Waals surface area (Å²) in [5, 5.41) is 2.96. The molecule has 1 amide bonds. The predicted molar refractivity (Wildman–Crippen MR) is 75.5 cm³/mol. The number of carbonyl (C=O) groups is 1. The minimum absolute atomic E-state index is 0. The molecule has 0 bridgehead atoms. The first-order valence-electron chi connectivity index (χ1n) is 6.13. The van der Waals surface area contributed by atoms with Crippen LogP contribution in [0.1, 0.15) is 39.5 Å². The van der Waals surface area contributed by atoms with Crippen molar-refractivity contribution in [2.24, 2.45) is 5.92 Å². The van der Waals surface area contributed by atoms with Crippen molar-refractivity contribution in [2.45, 2.75) is 39.5 Å². The van der Waals surface area contributed by atoms with Crippen molar-refractivity contribution in [3.63, 3.8) is 0 Å². The third kappa shape index (κ3) is 6.72. The van der Waals surface area contributed by atoms with Gasteiger partial charge in [0, 0.05) is 11.6 Å². The number of rotatable bonds is 6. The molecule has 0 radical (unpaired) electrons. The monoisotopic (exact) mass is 259 g/mol. The van der Waals surface area contributed by atoms with Crippen LogP contribution in [0.4, 0.5) is 5.69 Å². The van der Waals surface area contributed by atoms with Crippen LogP contribution in [-0.4, -0.2) is 57.3 Å². The molecule has 1 aromatic rings. The molecule has 17 heavy (non-hydrogen) atoms. The van der Waals surface area contributed by atoms with Crippen LogP contribution in [-0.2, 0) is 4.79 Å². The third-order valence-electron chi connectivity index (χ3n) is 2.81. The Balaban J connectivity index is 0.00000256. The predicted octanol–water partition coefficient (Wildman–Crippen LogP) is 3.19. The molecule has 1 atom stereocenters. The number of nitrogens with one attached hydrogen (secondary N) is 1. The maximum absolute atomic E-state index is 11.9. The summed E-state index contributed by atoms with van der Waals surface area (Å²) >= 11 is 0. The second-order valence-electron chi connectivity index (χ2n) is 4.10. The fraction of sp³-hybridized carbons (Fsp3) is 0.500. The van der Waals surface area contributed by atoms with Crippen molar-refractivity contribution in [2.75, 3.05) is 5.32 Å². The first kappa shape index (κ1) is 17.3. The summed E-state index contributed by atoms with van der Waals surface area (Å²) in [6.07, 6.45) is 4.18. The van der Waals surface area contributed by atoms with Crippen LogP contribution in [0.3, 0.4) is 0 Å². The van der Waals surface area contributed by atoms with E-state index in [1.165, 1.54) is 0 Å². The van der Waals surface area contributed by atoms with Gasteiger partial charge in [0.1, 0.15) is 0 Å². The number of unbranched alkanes of at least 4 members (excludes halogenated alkanes) is 1. The molecule has 1 unspecified atom stereocenters. The molecule has 0 fully saturated rings. The molecule has 0 aliphatic carbocycles. The van der Waals surface area contributed by atoms with Crippen molar-refractivity contribution in [1.82, 2.24) is 0 Å². The number of anilines is 1. The Morgan fingerprint density at radius 3 is 2.41 bits per heavy atom. The zero-order chi connectivity index (χ0) is 11.8. The Morgan fingerprint density at radius 1 is 1.24 bits per heavy atom. The van der Waals surface area contributed by atoms with Gasteiger partial charge in [-0.3, -0.25) is 4.79 Å². The van der Waals surface area contributed by atoms with Crippen LogP contribution in [0.5, 0.6) is 0 Å². The van der Waals surface area contributed by atoms with Gasteiger partial charge in [-0.15, -0.1) is 0 Å². The number of carbonyl (C=O) groups excluding carboxylic acids is 1. The van der Waals surface area contributed by atoms with Gasteiger partial charge in [-0.2, -0.15) is 0 Å². The van der Waals surface area contributed by atoms with Crippen LogP contribution >= 0.6 is 0 Å². The van der Waals surface area contributed by atoms with Gasteiger partial charge in [0.05, 0.1) is 0 Å². The van der Waals surface area contributed by atoms with E-state index in [0.29, 0.717) is 0 Å². The molecular formula is C14H22KNO. The van der Waals surface area contributed by atoms with E-state index in [2.05, 4.69) is 19.2 Å². The van der Waals surface area contributed by atoms with Gasteiger partial charge in [-0.25, -0.2) is 0 Å². The van der Waals surface area contributed by atoms with Crippen molar-refractivity contribution < 1.29 is 4.79 Å². The molecule has 0 aromatic heterocycles. The standard InChI is InChI=1S/C14H21NO.K.H/c1-3-5-9-12(4-2)14(16)15-13-10-7-6-8-11-13;;/h6-8,10-12H,3-5,9H2,1-2H3,(H,15,16);;. The fourth-order valence-corrected chi connectivity index (χ4v) is 1.74. The molecule has 2 nitrogen and oxygen atoms in total. The van der Waals surface area contributed by atoms with Crippen LogP contribution in [0.15, 0.2) is 30.3 Å². The molecule has 0 aliphatic rings. The summed E-state index contributed by atoms with van der Waals surface area (Å²) in [6, 6.07) is 9.66. The maximum atomic E-state index is 11.9. The van der Waals surface area contributed by atoms with E-state index >= 15 is 0 Å². The normalized spacial score (nSPS) is 11.4. The van der Waals surface area contributed by atoms with Crippen LogP contribution in [0.2, 0.25) is 0 Å². The van der Waals surface area contributed by atoms with Crippen LogP contribution in [0, 0.1) is 5.92 Å². The van der Waals surface area contributed by atoms with Crippen LogP contribution in [0.25, 0.3) is 0 Å². The summed E-state index contributed by atoms with van der Waals surface area (Å²) in [5.41, 5.74) is 0.891. The van der Waals surface area contributed by atoms with Crippen molar-refractivity contribution in [3.05, 3.63) is 30.3 Å². The Labute approximate surface area is 147 Å². The van der Waals surface area contributed by atoms with Crippen molar-refractivity contribution in [1.29, 1.82) is 0 Å². The fourth-order valence-electron chi connectivity index (χ4n) is 1.74. The first-order valence-corrected chi connectivity index (χ1v) is 6.13. The number of hydrogen-bond acceptors (Lipinski definition) is 1. The van der Waals surface area contributed by atoms with Gasteiger partial charge in [0.25, 0.3) is 0 Å². The van der Waals surface area contributed by atoms with Crippen molar-refractivity contribution in [3.8, 4) is 0 Å². The number of hydrogen-bond donors (Lipinski definition) is 1. The summed E-state index contributed by atoms with van der Waals surface area (Å²) in [6.45, 7) is 4.23. The molecular weight excluding hydrogens is 237 g/mol. The van der Waals surface area contributed by atoms with Gasteiger partial charge in [-0.05, 0) is 25.0 Å². The van der Waals surface area contributed by atoms with E-state index in [1.54, 1.807) is 0 Å². The molecule has 3 heteroatoms. The van der Waals surface area contributed by atoms with Gasteiger partial charge < -0.3 is 5.32 Å². The Morgan fingerprint density at radius 2 is 1.88 bits per heavy atom. The molecule has 90 valence electrons. The van der Waals surface area contributed by atoms with Gasteiger partial charge >= 0.3 is 51.4 Å². The molecule has 0 heterocycles. The third-order valence-corrected chi connectivity index (χ3v) is 2.81. The minimum atomic E-state index is 0. The topological polar surface area (TPSA) is 29.1 Å². The molecule has 0 aliphatic heterocycles. The van der Waals surface area contributed by atoms with E-state index in [4.69, 9.17) is 0 Å². The van der Waals surface area contributed by atoms with Gasteiger partial charge in [-0.1, -0.05) is 44.9 Å². The molecule has 0 saturated carbocycles.